The van der Waals surface area contributed by atoms with Gasteiger partial charge < -0.3 is 25.4 Å². The third-order valence-electron chi connectivity index (χ3n) is 2.75. The van der Waals surface area contributed by atoms with E-state index in [1.54, 1.807) is 19.2 Å². The second-order valence-corrected chi connectivity index (χ2v) is 4.22. The molecule has 2 unspecified atom stereocenters. The first-order chi connectivity index (χ1) is 8.99. The van der Waals surface area contributed by atoms with Crippen molar-refractivity contribution in [1.29, 1.82) is 0 Å². The lowest BCUT2D eigenvalue weighted by atomic mass is 9.99. The zero-order valence-corrected chi connectivity index (χ0v) is 11.0. The monoisotopic (exact) mass is 269 g/mol. The van der Waals surface area contributed by atoms with Gasteiger partial charge in [-0.1, -0.05) is 6.07 Å². The Bertz CT molecular complexity index is 435. The maximum Gasteiger partial charge on any atom is 0.307 e. The van der Waals surface area contributed by atoms with Crippen molar-refractivity contribution in [2.45, 2.75) is 18.6 Å². The molecule has 1 rings (SSSR count). The highest BCUT2D eigenvalue weighted by atomic mass is 16.5. The van der Waals surface area contributed by atoms with Crippen molar-refractivity contribution in [1.82, 2.24) is 5.32 Å². The molecule has 2 atom stereocenters. The normalized spacial score (nSPS) is 13.9. The van der Waals surface area contributed by atoms with Crippen LogP contribution < -0.4 is 10.1 Å². The van der Waals surface area contributed by atoms with Crippen LogP contribution in [0, 0.1) is 0 Å². The van der Waals surface area contributed by atoms with Gasteiger partial charge >= 0.3 is 5.97 Å². The molecule has 0 aliphatic rings. The first-order valence-corrected chi connectivity index (χ1v) is 5.89. The van der Waals surface area contributed by atoms with Crippen molar-refractivity contribution in [3.8, 4) is 5.75 Å². The number of ether oxygens (including phenoxy) is 1. The van der Waals surface area contributed by atoms with Crippen LogP contribution in [0.25, 0.3) is 0 Å². The number of carboxylic acids is 1. The number of benzene rings is 1. The standard InChI is InChI=1S/C13H19NO5/c1-14-7-10(15)13(18)9-5-8(6-12(16)17)3-4-11(9)19-2/h3-5,10,13-15,18H,6-7H2,1-2H3,(H,16,17). The molecule has 0 saturated carbocycles. The Morgan fingerprint density at radius 3 is 2.63 bits per heavy atom. The summed E-state index contributed by atoms with van der Waals surface area (Å²) in [5.74, 6) is -0.543. The first-order valence-electron chi connectivity index (χ1n) is 5.89. The van der Waals surface area contributed by atoms with Crippen LogP contribution in [-0.2, 0) is 11.2 Å². The molecule has 4 N–H and O–H groups in total. The van der Waals surface area contributed by atoms with Gasteiger partial charge in [0.05, 0.1) is 19.6 Å². The van der Waals surface area contributed by atoms with E-state index in [1.807, 2.05) is 0 Å². The summed E-state index contributed by atoms with van der Waals surface area (Å²) < 4.78 is 5.12. The van der Waals surface area contributed by atoms with Crippen LogP contribution in [0.5, 0.6) is 5.75 Å². The molecule has 0 aliphatic carbocycles. The van der Waals surface area contributed by atoms with Crippen LogP contribution in [0.1, 0.15) is 17.2 Å². The summed E-state index contributed by atoms with van der Waals surface area (Å²) in [6.45, 7) is 0.216. The number of likely N-dealkylation sites (N-methyl/N-ethyl adjacent to an activating group) is 1. The van der Waals surface area contributed by atoms with Crippen LogP contribution in [-0.4, -0.2) is 48.1 Å². The molecule has 0 fully saturated rings. The second-order valence-electron chi connectivity index (χ2n) is 4.22. The van der Waals surface area contributed by atoms with Gasteiger partial charge in [0.15, 0.2) is 0 Å². The Kier molecular flexibility index (Phi) is 5.75. The van der Waals surface area contributed by atoms with E-state index in [2.05, 4.69) is 5.32 Å². The third-order valence-corrected chi connectivity index (χ3v) is 2.75. The van der Waals surface area contributed by atoms with E-state index in [0.717, 1.165) is 0 Å². The predicted octanol–water partition coefficient (Wildman–Crippen LogP) is -0.0640. The van der Waals surface area contributed by atoms with Gasteiger partial charge in [-0.3, -0.25) is 4.79 Å². The number of hydrogen-bond donors (Lipinski definition) is 4. The maximum atomic E-state index is 10.7. The number of aliphatic hydroxyl groups excluding tert-OH is 2. The second kappa shape index (κ2) is 7.08. The summed E-state index contributed by atoms with van der Waals surface area (Å²) in [7, 11) is 3.11. The molecular formula is C13H19NO5. The molecule has 0 heterocycles. The molecule has 6 nitrogen and oxygen atoms in total. The fraction of sp³-hybridized carbons (Fsp3) is 0.462. The molecule has 1 aromatic rings. The minimum absolute atomic E-state index is 0.147. The van der Waals surface area contributed by atoms with Gasteiger partial charge in [0.1, 0.15) is 11.9 Å². The van der Waals surface area contributed by atoms with Crippen molar-refractivity contribution >= 4 is 5.97 Å². The molecule has 19 heavy (non-hydrogen) atoms. The largest absolute Gasteiger partial charge is 0.496 e. The summed E-state index contributed by atoms with van der Waals surface area (Å²) in [6, 6.07) is 4.74. The summed E-state index contributed by atoms with van der Waals surface area (Å²) >= 11 is 0. The van der Waals surface area contributed by atoms with Gasteiger partial charge in [0, 0.05) is 12.1 Å². The van der Waals surface area contributed by atoms with Crippen LogP contribution in [0.4, 0.5) is 0 Å². The van der Waals surface area contributed by atoms with Crippen molar-refractivity contribution in [3.05, 3.63) is 29.3 Å². The fourth-order valence-corrected chi connectivity index (χ4v) is 1.83. The predicted molar refractivity (Wildman–Crippen MR) is 69.2 cm³/mol. The van der Waals surface area contributed by atoms with E-state index < -0.39 is 18.2 Å². The van der Waals surface area contributed by atoms with Crippen molar-refractivity contribution in [2.75, 3.05) is 20.7 Å². The number of hydrogen-bond acceptors (Lipinski definition) is 5. The zero-order valence-electron chi connectivity index (χ0n) is 11.0. The van der Waals surface area contributed by atoms with Crippen LogP contribution >= 0.6 is 0 Å². The van der Waals surface area contributed by atoms with Crippen LogP contribution in [0.15, 0.2) is 18.2 Å². The van der Waals surface area contributed by atoms with E-state index in [9.17, 15) is 15.0 Å². The molecule has 0 aliphatic heterocycles. The highest BCUT2D eigenvalue weighted by Gasteiger charge is 2.22. The minimum atomic E-state index is -1.14. The SMILES string of the molecule is CNCC(O)C(O)c1cc(CC(=O)O)ccc1OC. The fourth-order valence-electron chi connectivity index (χ4n) is 1.83. The number of aliphatic hydroxyl groups is 2. The maximum absolute atomic E-state index is 10.7. The third kappa shape index (κ3) is 4.20. The van der Waals surface area contributed by atoms with Crippen molar-refractivity contribution < 1.29 is 24.9 Å². The van der Waals surface area contributed by atoms with Crippen LogP contribution in [0.3, 0.4) is 0 Å². The topological polar surface area (TPSA) is 99.0 Å². The summed E-state index contributed by atoms with van der Waals surface area (Å²) in [5, 5.41) is 31.4. The molecule has 0 amide bonds. The lowest BCUT2D eigenvalue weighted by Gasteiger charge is -2.20. The van der Waals surface area contributed by atoms with Crippen LogP contribution in [0.2, 0.25) is 0 Å². The molecular weight excluding hydrogens is 250 g/mol. The molecule has 0 saturated heterocycles. The highest BCUT2D eigenvalue weighted by molar-refractivity contribution is 5.70. The number of methoxy groups -OCH3 is 1. The molecule has 6 heteroatoms. The van der Waals surface area contributed by atoms with Gasteiger partial charge in [0.25, 0.3) is 0 Å². The van der Waals surface area contributed by atoms with Gasteiger partial charge in [0.2, 0.25) is 0 Å². The summed E-state index contributed by atoms with van der Waals surface area (Å²) in [4.78, 5) is 10.7. The first kappa shape index (κ1) is 15.4. The summed E-state index contributed by atoms with van der Waals surface area (Å²) in [6.07, 6.45) is -2.29. The number of aliphatic carboxylic acids is 1. The number of rotatable bonds is 7. The molecule has 0 bridgehead atoms. The Morgan fingerprint density at radius 2 is 2.11 bits per heavy atom. The van der Waals surface area contributed by atoms with Gasteiger partial charge in [-0.25, -0.2) is 0 Å². The molecule has 106 valence electrons. The van der Waals surface area contributed by atoms with E-state index in [-0.39, 0.29) is 13.0 Å². The Balaban J connectivity index is 3.04. The Hall–Kier alpha value is -1.63. The quantitative estimate of drug-likeness (QED) is 0.553. The van der Waals surface area contributed by atoms with E-state index in [1.165, 1.54) is 13.2 Å². The zero-order chi connectivity index (χ0) is 14.4. The molecule has 0 spiro atoms. The van der Waals surface area contributed by atoms with Gasteiger partial charge in [-0.2, -0.15) is 0 Å². The Morgan fingerprint density at radius 1 is 1.42 bits per heavy atom. The van der Waals surface area contributed by atoms with Gasteiger partial charge in [-0.15, -0.1) is 0 Å². The average molecular weight is 269 g/mol. The van der Waals surface area contributed by atoms with Crippen molar-refractivity contribution in [2.24, 2.45) is 0 Å². The van der Waals surface area contributed by atoms with E-state index in [4.69, 9.17) is 9.84 Å². The number of carboxylic acid groups (broad SMARTS) is 1. The van der Waals surface area contributed by atoms with Gasteiger partial charge in [-0.05, 0) is 24.7 Å². The minimum Gasteiger partial charge on any atom is -0.496 e. The molecule has 1 aromatic carbocycles. The lowest BCUT2D eigenvalue weighted by molar-refractivity contribution is -0.136. The van der Waals surface area contributed by atoms with E-state index in [0.29, 0.717) is 16.9 Å². The molecule has 0 radical (unpaired) electrons. The Labute approximate surface area is 111 Å². The lowest BCUT2D eigenvalue weighted by Crippen LogP contribution is -2.29. The summed E-state index contributed by atoms with van der Waals surface area (Å²) in [5.41, 5.74) is 0.919. The number of carbonyl (C=O) groups is 1. The molecule has 0 aromatic heterocycles. The average Bonchev–Trinajstić information content (AvgIpc) is 2.37. The van der Waals surface area contributed by atoms with E-state index >= 15 is 0 Å². The number of nitrogens with one attached hydrogen (secondary N) is 1. The smallest absolute Gasteiger partial charge is 0.307 e. The highest BCUT2D eigenvalue weighted by Crippen LogP contribution is 2.28. The van der Waals surface area contributed by atoms with Crippen molar-refractivity contribution in [3.63, 3.8) is 0 Å².